The zero-order valence-corrected chi connectivity index (χ0v) is 15.8. The highest BCUT2D eigenvalue weighted by Gasteiger charge is 2.22. The van der Waals surface area contributed by atoms with E-state index in [1.165, 1.54) is 7.11 Å². The summed E-state index contributed by atoms with van der Waals surface area (Å²) in [4.78, 5) is 25.8. The molecule has 1 atom stereocenters. The van der Waals surface area contributed by atoms with Gasteiger partial charge in [0.2, 0.25) is 0 Å². The molecule has 0 spiro atoms. The number of carbonyl (C=O) groups is 2. The first kappa shape index (κ1) is 20.8. The summed E-state index contributed by atoms with van der Waals surface area (Å²) >= 11 is 0. The van der Waals surface area contributed by atoms with Crippen molar-refractivity contribution in [1.29, 1.82) is 0 Å². The summed E-state index contributed by atoms with van der Waals surface area (Å²) in [6, 6.07) is 7.13. The van der Waals surface area contributed by atoms with Gasteiger partial charge in [0.1, 0.15) is 11.5 Å². The van der Waals surface area contributed by atoms with Crippen molar-refractivity contribution in [3.05, 3.63) is 24.3 Å². The Bertz CT molecular complexity index is 541. The van der Waals surface area contributed by atoms with Gasteiger partial charge in [-0.1, -0.05) is 20.8 Å². The third-order valence-corrected chi connectivity index (χ3v) is 3.53. The van der Waals surface area contributed by atoms with Gasteiger partial charge < -0.3 is 19.1 Å². The third kappa shape index (κ3) is 7.45. The Morgan fingerprint density at radius 2 is 1.56 bits per heavy atom. The van der Waals surface area contributed by atoms with Crippen molar-refractivity contribution in [3.63, 3.8) is 0 Å². The van der Waals surface area contributed by atoms with Gasteiger partial charge in [0.05, 0.1) is 19.6 Å². The van der Waals surface area contributed by atoms with Gasteiger partial charge in [-0.25, -0.2) is 0 Å². The first-order valence-electron chi connectivity index (χ1n) is 8.58. The normalized spacial score (nSPS) is 11.8. The molecule has 1 aromatic carbocycles. The Morgan fingerprint density at radius 1 is 1.00 bits per heavy atom. The van der Waals surface area contributed by atoms with Crippen LogP contribution in [-0.2, 0) is 14.3 Å². The topological polar surface area (TPSA) is 65.1 Å². The fourth-order valence-electron chi connectivity index (χ4n) is 2.36. The summed E-state index contributed by atoms with van der Waals surface area (Å²) in [6.45, 7) is 9.12. The first-order chi connectivity index (χ1) is 11.9. The standard InChI is InChI=1S/C19H29NO5/c1-6-24-16-7-9-17(10-8-16)25-13-18(21)20(11-14(2)3)12-15(4)19(22)23-5/h7-10,14-15H,6,11-13H2,1-5H3. The third-order valence-electron chi connectivity index (χ3n) is 3.53. The van der Waals surface area contributed by atoms with Crippen molar-refractivity contribution in [3.8, 4) is 11.5 Å². The van der Waals surface area contributed by atoms with Gasteiger partial charge in [-0.2, -0.15) is 0 Å². The second-order valence-corrected chi connectivity index (χ2v) is 6.31. The van der Waals surface area contributed by atoms with Crippen LogP contribution in [0.25, 0.3) is 0 Å². The highest BCUT2D eigenvalue weighted by Crippen LogP contribution is 2.17. The lowest BCUT2D eigenvalue weighted by molar-refractivity contribution is -0.146. The van der Waals surface area contributed by atoms with Crippen LogP contribution in [-0.4, -0.2) is 50.2 Å². The predicted octanol–water partition coefficient (Wildman–Crippen LogP) is 2.76. The molecular formula is C19H29NO5. The summed E-state index contributed by atoms with van der Waals surface area (Å²) < 4.78 is 15.7. The SMILES string of the molecule is CCOc1ccc(OCC(=O)N(CC(C)C)CC(C)C(=O)OC)cc1. The molecule has 1 amide bonds. The molecule has 0 aliphatic rings. The largest absolute Gasteiger partial charge is 0.494 e. The molecule has 140 valence electrons. The van der Waals surface area contributed by atoms with Gasteiger partial charge in [-0.3, -0.25) is 9.59 Å². The minimum absolute atomic E-state index is 0.0748. The van der Waals surface area contributed by atoms with E-state index in [9.17, 15) is 9.59 Å². The number of nitrogens with zero attached hydrogens (tertiary/aromatic N) is 1. The molecule has 6 nitrogen and oxygen atoms in total. The molecule has 0 saturated heterocycles. The molecule has 0 bridgehead atoms. The van der Waals surface area contributed by atoms with Gasteiger partial charge in [0.25, 0.3) is 5.91 Å². The maximum atomic E-state index is 12.5. The van der Waals surface area contributed by atoms with E-state index in [-0.39, 0.29) is 24.4 Å². The van der Waals surface area contributed by atoms with E-state index in [1.54, 1.807) is 36.1 Å². The number of ether oxygens (including phenoxy) is 3. The number of benzene rings is 1. The lowest BCUT2D eigenvalue weighted by Gasteiger charge is -2.26. The van der Waals surface area contributed by atoms with Gasteiger partial charge in [0.15, 0.2) is 6.61 Å². The van der Waals surface area contributed by atoms with Crippen LogP contribution < -0.4 is 9.47 Å². The van der Waals surface area contributed by atoms with Crippen LogP contribution in [0.4, 0.5) is 0 Å². The monoisotopic (exact) mass is 351 g/mol. The van der Waals surface area contributed by atoms with Crippen LogP contribution in [0, 0.1) is 11.8 Å². The van der Waals surface area contributed by atoms with Crippen LogP contribution in [0.3, 0.4) is 0 Å². The molecule has 0 aliphatic carbocycles. The summed E-state index contributed by atoms with van der Waals surface area (Å²) in [7, 11) is 1.35. The van der Waals surface area contributed by atoms with Crippen molar-refractivity contribution in [1.82, 2.24) is 4.90 Å². The summed E-state index contributed by atoms with van der Waals surface area (Å²) in [5, 5.41) is 0. The summed E-state index contributed by atoms with van der Waals surface area (Å²) in [5.74, 6) is 0.793. The molecule has 0 aliphatic heterocycles. The van der Waals surface area contributed by atoms with E-state index in [1.807, 2.05) is 20.8 Å². The molecule has 0 N–H and O–H groups in total. The van der Waals surface area contributed by atoms with Crippen LogP contribution >= 0.6 is 0 Å². The first-order valence-corrected chi connectivity index (χ1v) is 8.58. The number of esters is 1. The zero-order valence-electron chi connectivity index (χ0n) is 15.8. The smallest absolute Gasteiger partial charge is 0.310 e. The second kappa shape index (κ2) is 10.6. The number of hydrogen-bond donors (Lipinski definition) is 0. The maximum absolute atomic E-state index is 12.5. The van der Waals surface area contributed by atoms with Gasteiger partial charge in [-0.15, -0.1) is 0 Å². The molecule has 1 unspecified atom stereocenters. The van der Waals surface area contributed by atoms with Crippen molar-refractivity contribution in [2.45, 2.75) is 27.7 Å². The Morgan fingerprint density at radius 3 is 2.04 bits per heavy atom. The minimum Gasteiger partial charge on any atom is -0.494 e. The van der Waals surface area contributed by atoms with Crippen molar-refractivity contribution in [2.24, 2.45) is 11.8 Å². The predicted molar refractivity (Wildman–Crippen MR) is 95.7 cm³/mol. The van der Waals surface area contributed by atoms with E-state index >= 15 is 0 Å². The molecular weight excluding hydrogens is 322 g/mol. The maximum Gasteiger partial charge on any atom is 0.310 e. The number of hydrogen-bond acceptors (Lipinski definition) is 5. The van der Waals surface area contributed by atoms with Crippen molar-refractivity contribution in [2.75, 3.05) is 33.4 Å². The Balaban J connectivity index is 2.63. The van der Waals surface area contributed by atoms with E-state index in [0.29, 0.717) is 31.4 Å². The van der Waals surface area contributed by atoms with Crippen LogP contribution in [0.15, 0.2) is 24.3 Å². The Hall–Kier alpha value is -2.24. The van der Waals surface area contributed by atoms with Crippen LogP contribution in [0.1, 0.15) is 27.7 Å². The number of methoxy groups -OCH3 is 1. The molecule has 25 heavy (non-hydrogen) atoms. The van der Waals surface area contributed by atoms with E-state index in [0.717, 1.165) is 5.75 Å². The van der Waals surface area contributed by atoms with Gasteiger partial charge >= 0.3 is 5.97 Å². The van der Waals surface area contributed by atoms with E-state index < -0.39 is 0 Å². The van der Waals surface area contributed by atoms with Gasteiger partial charge in [-0.05, 0) is 37.1 Å². The van der Waals surface area contributed by atoms with Crippen LogP contribution in [0.2, 0.25) is 0 Å². The molecule has 0 fully saturated rings. The average molecular weight is 351 g/mol. The van der Waals surface area contributed by atoms with Gasteiger partial charge in [0, 0.05) is 13.1 Å². The van der Waals surface area contributed by atoms with Crippen LogP contribution in [0.5, 0.6) is 11.5 Å². The number of amides is 1. The molecule has 0 heterocycles. The summed E-state index contributed by atoms with van der Waals surface area (Å²) in [6.07, 6.45) is 0. The molecule has 1 rings (SSSR count). The lowest BCUT2D eigenvalue weighted by Crippen LogP contribution is -2.41. The second-order valence-electron chi connectivity index (χ2n) is 6.31. The fourth-order valence-corrected chi connectivity index (χ4v) is 2.36. The molecule has 0 radical (unpaired) electrons. The van der Waals surface area contributed by atoms with E-state index in [2.05, 4.69) is 0 Å². The lowest BCUT2D eigenvalue weighted by atomic mass is 10.1. The zero-order chi connectivity index (χ0) is 18.8. The summed E-state index contributed by atoms with van der Waals surface area (Å²) in [5.41, 5.74) is 0. The molecule has 0 saturated carbocycles. The number of rotatable bonds is 10. The number of carbonyl (C=O) groups excluding carboxylic acids is 2. The molecule has 1 aromatic rings. The molecule has 6 heteroatoms. The van der Waals surface area contributed by atoms with E-state index in [4.69, 9.17) is 14.2 Å². The fraction of sp³-hybridized carbons (Fsp3) is 0.579. The highest BCUT2D eigenvalue weighted by molar-refractivity contribution is 5.79. The molecule has 0 aromatic heterocycles. The Labute approximate surface area is 150 Å². The van der Waals surface area contributed by atoms with Crippen molar-refractivity contribution >= 4 is 11.9 Å². The Kier molecular flexibility index (Phi) is 8.81. The average Bonchev–Trinajstić information content (AvgIpc) is 2.59. The quantitative estimate of drug-likeness (QED) is 0.607. The highest BCUT2D eigenvalue weighted by atomic mass is 16.5. The van der Waals surface area contributed by atoms with Crippen molar-refractivity contribution < 1.29 is 23.8 Å². The minimum atomic E-state index is -0.377.